The Morgan fingerprint density at radius 1 is 1.00 bits per heavy atom. The molecule has 0 unspecified atom stereocenters. The molecule has 0 radical (unpaired) electrons. The molecule has 33 heavy (non-hydrogen) atoms. The zero-order valence-corrected chi connectivity index (χ0v) is 18.2. The molecule has 2 aromatic heterocycles. The molecule has 1 saturated carbocycles. The number of aromatic nitrogens is 3. The number of pyridine rings is 1. The molecule has 6 rings (SSSR count). The van der Waals surface area contributed by atoms with Crippen LogP contribution in [-0.2, 0) is 0 Å². The average Bonchev–Trinajstić information content (AvgIpc) is 3.55. The highest BCUT2D eigenvalue weighted by Crippen LogP contribution is 2.55. The standard InChI is InChI=1S/C26H25N5O2/c32-18-8-6-17(7-9-18)22-15-21(26(33)31-12-10-27-11-13-31)23-24(29-30-25(23)28-22)20-14-19(20)16-4-2-1-3-5-16/h1-9,15,19-20,27,32H,10-14H2,(H,28,29,30)/t19-,20+/m1/s1. The summed E-state index contributed by atoms with van der Waals surface area (Å²) >= 11 is 0. The number of fused-ring (bicyclic) bond motifs is 1. The van der Waals surface area contributed by atoms with E-state index in [9.17, 15) is 9.90 Å². The fourth-order valence-corrected chi connectivity index (χ4v) is 4.88. The van der Waals surface area contributed by atoms with Crippen LogP contribution in [0.1, 0.15) is 39.9 Å². The maximum atomic E-state index is 13.7. The Kier molecular flexibility index (Phi) is 4.84. The predicted molar refractivity (Wildman–Crippen MR) is 126 cm³/mol. The topological polar surface area (TPSA) is 94.1 Å². The second kappa shape index (κ2) is 8.01. The highest BCUT2D eigenvalue weighted by molar-refractivity contribution is 6.07. The maximum Gasteiger partial charge on any atom is 0.254 e. The summed E-state index contributed by atoms with van der Waals surface area (Å²) in [6.45, 7) is 2.95. The van der Waals surface area contributed by atoms with Crippen molar-refractivity contribution < 1.29 is 9.90 Å². The summed E-state index contributed by atoms with van der Waals surface area (Å²) in [5, 5.41) is 21.6. The molecule has 1 aliphatic heterocycles. The molecular formula is C26H25N5O2. The first-order chi connectivity index (χ1) is 16.2. The largest absolute Gasteiger partial charge is 0.508 e. The Labute approximate surface area is 191 Å². The van der Waals surface area contributed by atoms with Gasteiger partial charge in [-0.3, -0.25) is 9.89 Å². The van der Waals surface area contributed by atoms with Crippen molar-refractivity contribution in [1.82, 2.24) is 25.4 Å². The Morgan fingerprint density at radius 3 is 2.52 bits per heavy atom. The van der Waals surface area contributed by atoms with Crippen LogP contribution in [0.2, 0.25) is 0 Å². The van der Waals surface area contributed by atoms with Crippen LogP contribution in [0.3, 0.4) is 0 Å². The minimum absolute atomic E-state index is 0.0171. The number of rotatable bonds is 4. The molecule has 2 atom stereocenters. The fourth-order valence-electron chi connectivity index (χ4n) is 4.88. The summed E-state index contributed by atoms with van der Waals surface area (Å²) in [6, 6.07) is 19.3. The van der Waals surface area contributed by atoms with E-state index in [1.807, 2.05) is 29.2 Å². The number of aromatic amines is 1. The van der Waals surface area contributed by atoms with Crippen LogP contribution in [0.5, 0.6) is 5.75 Å². The van der Waals surface area contributed by atoms with E-state index in [-0.39, 0.29) is 17.6 Å². The van der Waals surface area contributed by atoms with Gasteiger partial charge in [-0.25, -0.2) is 4.98 Å². The minimum Gasteiger partial charge on any atom is -0.508 e. The first-order valence-electron chi connectivity index (χ1n) is 11.4. The van der Waals surface area contributed by atoms with Crippen LogP contribution in [0.4, 0.5) is 0 Å². The summed E-state index contributed by atoms with van der Waals surface area (Å²) < 4.78 is 0. The number of carbonyl (C=O) groups is 1. The van der Waals surface area contributed by atoms with E-state index in [4.69, 9.17) is 4.98 Å². The molecule has 4 aromatic rings. The number of phenols is 1. The van der Waals surface area contributed by atoms with E-state index in [1.54, 1.807) is 12.1 Å². The number of benzene rings is 2. The Bertz CT molecular complexity index is 1310. The van der Waals surface area contributed by atoms with Crippen molar-refractivity contribution in [2.24, 2.45) is 0 Å². The number of hydrogen-bond donors (Lipinski definition) is 3. The zero-order valence-electron chi connectivity index (χ0n) is 18.2. The quantitative estimate of drug-likeness (QED) is 0.451. The lowest BCUT2D eigenvalue weighted by atomic mass is 10.0. The lowest BCUT2D eigenvalue weighted by Crippen LogP contribution is -2.46. The number of piperazine rings is 1. The van der Waals surface area contributed by atoms with Gasteiger partial charge in [-0.15, -0.1) is 0 Å². The van der Waals surface area contributed by atoms with E-state index in [2.05, 4.69) is 39.8 Å². The van der Waals surface area contributed by atoms with E-state index >= 15 is 0 Å². The average molecular weight is 440 g/mol. The molecule has 1 aliphatic carbocycles. The molecule has 7 nitrogen and oxygen atoms in total. The van der Waals surface area contributed by atoms with Gasteiger partial charge in [0.05, 0.1) is 22.3 Å². The number of amides is 1. The Hall–Kier alpha value is -3.71. The molecule has 166 valence electrons. The number of carbonyl (C=O) groups excluding carboxylic acids is 1. The van der Waals surface area contributed by atoms with Crippen molar-refractivity contribution >= 4 is 16.9 Å². The van der Waals surface area contributed by atoms with Crippen LogP contribution in [-0.4, -0.2) is 57.3 Å². The third-order valence-corrected chi connectivity index (χ3v) is 6.72. The fraction of sp³-hybridized carbons (Fsp3) is 0.269. The van der Waals surface area contributed by atoms with Gasteiger partial charge < -0.3 is 15.3 Å². The molecule has 2 aliphatic rings. The lowest BCUT2D eigenvalue weighted by molar-refractivity contribution is 0.0737. The van der Waals surface area contributed by atoms with E-state index in [1.165, 1.54) is 5.56 Å². The molecule has 0 bridgehead atoms. The first-order valence-corrected chi connectivity index (χ1v) is 11.4. The summed E-state index contributed by atoms with van der Waals surface area (Å²) in [4.78, 5) is 20.4. The van der Waals surface area contributed by atoms with Gasteiger partial charge in [-0.05, 0) is 48.2 Å². The smallest absolute Gasteiger partial charge is 0.254 e. The van der Waals surface area contributed by atoms with Crippen molar-refractivity contribution in [3.63, 3.8) is 0 Å². The minimum atomic E-state index is 0.0171. The van der Waals surface area contributed by atoms with Gasteiger partial charge in [0.2, 0.25) is 0 Å². The predicted octanol–water partition coefficient (Wildman–Crippen LogP) is 3.65. The maximum absolute atomic E-state index is 13.7. The van der Waals surface area contributed by atoms with Crippen molar-refractivity contribution in [2.75, 3.05) is 26.2 Å². The van der Waals surface area contributed by atoms with Gasteiger partial charge in [-0.2, -0.15) is 5.10 Å². The zero-order chi connectivity index (χ0) is 22.4. The molecule has 7 heteroatoms. The second-order valence-electron chi connectivity index (χ2n) is 8.84. The van der Waals surface area contributed by atoms with Gasteiger partial charge in [0, 0.05) is 37.7 Å². The van der Waals surface area contributed by atoms with Crippen LogP contribution in [0, 0.1) is 0 Å². The number of phenolic OH excluding ortho intramolecular Hbond substituents is 1. The molecule has 1 amide bonds. The molecule has 2 aromatic carbocycles. The van der Waals surface area contributed by atoms with E-state index < -0.39 is 0 Å². The third kappa shape index (κ3) is 3.64. The highest BCUT2D eigenvalue weighted by atomic mass is 16.3. The number of H-pyrrole nitrogens is 1. The van der Waals surface area contributed by atoms with E-state index in [0.717, 1.165) is 36.2 Å². The van der Waals surface area contributed by atoms with Crippen molar-refractivity contribution in [2.45, 2.75) is 18.3 Å². The number of aromatic hydroxyl groups is 1. The number of nitrogens with one attached hydrogen (secondary N) is 2. The van der Waals surface area contributed by atoms with E-state index in [0.29, 0.717) is 35.9 Å². The second-order valence-corrected chi connectivity index (χ2v) is 8.84. The molecule has 0 spiro atoms. The summed E-state index contributed by atoms with van der Waals surface area (Å²) in [5.41, 5.74) is 5.05. The van der Waals surface area contributed by atoms with Gasteiger partial charge in [0.25, 0.3) is 5.91 Å². The Morgan fingerprint density at radius 2 is 1.76 bits per heavy atom. The lowest BCUT2D eigenvalue weighted by Gasteiger charge is -2.27. The van der Waals surface area contributed by atoms with Gasteiger partial charge in [0.1, 0.15) is 5.75 Å². The SMILES string of the molecule is O=C(c1cc(-c2ccc(O)cc2)nc2[nH]nc([C@H]3C[C@@H]3c3ccccc3)c12)N1CCNCC1. The van der Waals surface area contributed by atoms with Gasteiger partial charge >= 0.3 is 0 Å². The number of hydrogen-bond acceptors (Lipinski definition) is 5. The highest BCUT2D eigenvalue weighted by Gasteiger charge is 2.43. The van der Waals surface area contributed by atoms with Gasteiger partial charge in [-0.1, -0.05) is 30.3 Å². The van der Waals surface area contributed by atoms with Crippen molar-refractivity contribution in [3.8, 4) is 17.0 Å². The van der Waals surface area contributed by atoms with Crippen LogP contribution in [0.25, 0.3) is 22.3 Å². The normalized spacial score (nSPS) is 20.2. The summed E-state index contributed by atoms with van der Waals surface area (Å²) in [6.07, 6.45) is 1.02. The molecule has 2 fully saturated rings. The van der Waals surface area contributed by atoms with Crippen molar-refractivity contribution in [1.29, 1.82) is 0 Å². The molecular weight excluding hydrogens is 414 g/mol. The first kappa shape index (κ1) is 19.9. The molecule has 3 N–H and O–H groups in total. The monoisotopic (exact) mass is 439 g/mol. The van der Waals surface area contributed by atoms with Gasteiger partial charge in [0.15, 0.2) is 5.65 Å². The summed E-state index contributed by atoms with van der Waals surface area (Å²) in [5.74, 6) is 0.901. The van der Waals surface area contributed by atoms with Crippen LogP contribution < -0.4 is 5.32 Å². The van der Waals surface area contributed by atoms with Crippen LogP contribution in [0.15, 0.2) is 60.7 Å². The molecule has 1 saturated heterocycles. The molecule has 3 heterocycles. The summed E-state index contributed by atoms with van der Waals surface area (Å²) in [7, 11) is 0. The number of nitrogens with zero attached hydrogens (tertiary/aromatic N) is 3. The Balaban J connectivity index is 1.45. The van der Waals surface area contributed by atoms with Crippen LogP contribution >= 0.6 is 0 Å². The third-order valence-electron chi connectivity index (χ3n) is 6.72. The van der Waals surface area contributed by atoms with Crippen molar-refractivity contribution in [3.05, 3.63) is 77.5 Å².